The number of aliphatic hydroxyl groups excluding tert-OH is 3. The van der Waals surface area contributed by atoms with Crippen molar-refractivity contribution in [3.8, 4) is 0 Å². The van der Waals surface area contributed by atoms with E-state index >= 15 is 0 Å². The van der Waals surface area contributed by atoms with Gasteiger partial charge in [0.05, 0.1) is 13.7 Å². The molecule has 0 aromatic carbocycles. The number of nitrogens with one attached hydrogen (secondary N) is 1. The Morgan fingerprint density at radius 3 is 2.76 bits per heavy atom. The Bertz CT molecular complexity index is 531. The minimum Gasteiger partial charge on any atom is -0.465 e. The summed E-state index contributed by atoms with van der Waals surface area (Å²) in [5.41, 5.74) is -0.126. The second-order valence-electron chi connectivity index (χ2n) is 4.28. The molecule has 0 radical (unpaired) electrons. The van der Waals surface area contributed by atoms with Crippen molar-refractivity contribution in [2.24, 2.45) is 0 Å². The number of aliphatic hydroxyl groups is 3. The lowest BCUT2D eigenvalue weighted by molar-refractivity contribution is -0.0154. The third kappa shape index (κ3) is 3.06. The number of ether oxygens (including phenoxy) is 2. The van der Waals surface area contributed by atoms with Gasteiger partial charge in [-0.05, 0) is 0 Å². The summed E-state index contributed by atoms with van der Waals surface area (Å²) in [7, 11) is 1.17. The fraction of sp³-hybridized carbons (Fsp3) is 0.545. The fourth-order valence-corrected chi connectivity index (χ4v) is 2.12. The number of anilines is 1. The number of nitrogens with zero attached hydrogens (tertiary/aromatic N) is 2. The molecule has 1 fully saturated rings. The van der Waals surface area contributed by atoms with E-state index in [0.717, 1.165) is 6.33 Å². The van der Waals surface area contributed by atoms with E-state index in [2.05, 4.69) is 20.0 Å². The van der Waals surface area contributed by atoms with Crippen molar-refractivity contribution in [2.45, 2.75) is 24.5 Å². The third-order valence-corrected chi connectivity index (χ3v) is 3.30. The highest BCUT2D eigenvalue weighted by molar-refractivity contribution is 6.33. The largest absolute Gasteiger partial charge is 0.465 e. The SMILES string of the molecule is COC(=O)c1c(Cl)ncnc1N[C@H]1O[C@H](CO)[C@@H](O)[C@H]1O. The summed E-state index contributed by atoms with van der Waals surface area (Å²) in [6.45, 7) is -0.467. The highest BCUT2D eigenvalue weighted by atomic mass is 35.5. The normalized spacial score (nSPS) is 28.4. The first-order valence-corrected chi connectivity index (χ1v) is 6.35. The topological polar surface area (TPSA) is 134 Å². The number of carbonyl (C=O) groups is 1. The molecule has 10 heteroatoms. The van der Waals surface area contributed by atoms with E-state index in [4.69, 9.17) is 21.4 Å². The number of carbonyl (C=O) groups excluding carboxylic acids is 1. The Balaban J connectivity index is 2.24. The van der Waals surface area contributed by atoms with Crippen LogP contribution < -0.4 is 5.32 Å². The smallest absolute Gasteiger partial charge is 0.344 e. The maximum absolute atomic E-state index is 11.7. The summed E-state index contributed by atoms with van der Waals surface area (Å²) in [5, 5.41) is 31.0. The van der Waals surface area contributed by atoms with Gasteiger partial charge in [-0.1, -0.05) is 11.6 Å². The number of hydrogen-bond acceptors (Lipinski definition) is 9. The molecule has 2 heterocycles. The zero-order chi connectivity index (χ0) is 15.6. The second-order valence-corrected chi connectivity index (χ2v) is 4.64. The lowest BCUT2D eigenvalue weighted by atomic mass is 10.1. The Morgan fingerprint density at radius 2 is 2.19 bits per heavy atom. The van der Waals surface area contributed by atoms with Gasteiger partial charge in [-0.2, -0.15) is 0 Å². The quantitative estimate of drug-likeness (QED) is 0.397. The van der Waals surface area contributed by atoms with Crippen molar-refractivity contribution in [3.05, 3.63) is 17.0 Å². The van der Waals surface area contributed by atoms with Crippen LogP contribution in [0.1, 0.15) is 10.4 Å². The van der Waals surface area contributed by atoms with Crippen LogP contribution in [0.4, 0.5) is 5.82 Å². The molecular weight excluding hydrogens is 306 g/mol. The van der Waals surface area contributed by atoms with E-state index in [1.54, 1.807) is 0 Å². The summed E-state index contributed by atoms with van der Waals surface area (Å²) in [6.07, 6.45) is -3.51. The van der Waals surface area contributed by atoms with Gasteiger partial charge < -0.3 is 30.1 Å². The van der Waals surface area contributed by atoms with E-state index < -0.39 is 37.1 Å². The Hall–Kier alpha value is -1.52. The van der Waals surface area contributed by atoms with Crippen molar-refractivity contribution < 1.29 is 29.6 Å². The molecule has 0 unspecified atom stereocenters. The Labute approximate surface area is 124 Å². The predicted octanol–water partition coefficient (Wildman–Crippen LogP) is -1.23. The van der Waals surface area contributed by atoms with Crippen molar-refractivity contribution in [2.75, 3.05) is 19.0 Å². The summed E-state index contributed by atoms with van der Waals surface area (Å²) < 4.78 is 9.81. The van der Waals surface area contributed by atoms with E-state index in [1.807, 2.05) is 0 Å². The number of aromatic nitrogens is 2. The number of hydrogen-bond donors (Lipinski definition) is 4. The van der Waals surface area contributed by atoms with Crippen LogP contribution in [0, 0.1) is 0 Å². The number of esters is 1. The highest BCUT2D eigenvalue weighted by Crippen LogP contribution is 2.26. The van der Waals surface area contributed by atoms with Gasteiger partial charge in [-0.3, -0.25) is 0 Å². The third-order valence-electron chi connectivity index (χ3n) is 3.01. The summed E-state index contributed by atoms with van der Waals surface area (Å²) in [5.74, 6) is -0.786. The van der Waals surface area contributed by atoms with Crippen LogP contribution in [-0.4, -0.2) is 69.5 Å². The molecule has 2 rings (SSSR count). The maximum Gasteiger partial charge on any atom is 0.344 e. The van der Waals surface area contributed by atoms with Gasteiger partial charge in [0.1, 0.15) is 41.2 Å². The van der Waals surface area contributed by atoms with Crippen molar-refractivity contribution >= 4 is 23.4 Å². The minimum absolute atomic E-state index is 0.0170. The number of methoxy groups -OCH3 is 1. The molecule has 1 aliphatic rings. The van der Waals surface area contributed by atoms with Crippen LogP contribution in [0.5, 0.6) is 0 Å². The molecule has 4 N–H and O–H groups in total. The molecule has 21 heavy (non-hydrogen) atoms. The number of halogens is 1. The fourth-order valence-electron chi connectivity index (χ4n) is 1.91. The summed E-state index contributed by atoms with van der Waals surface area (Å²) in [6, 6.07) is 0. The molecule has 0 saturated carbocycles. The summed E-state index contributed by atoms with van der Waals surface area (Å²) >= 11 is 5.82. The molecule has 9 nitrogen and oxygen atoms in total. The van der Waals surface area contributed by atoms with Crippen LogP contribution in [0.2, 0.25) is 5.15 Å². The van der Waals surface area contributed by atoms with Gasteiger partial charge >= 0.3 is 5.97 Å². The van der Waals surface area contributed by atoms with Crippen LogP contribution in [-0.2, 0) is 9.47 Å². The maximum atomic E-state index is 11.7. The van der Waals surface area contributed by atoms with Gasteiger partial charge in [0, 0.05) is 0 Å². The Kier molecular flexibility index (Phi) is 4.91. The molecule has 0 amide bonds. The minimum atomic E-state index is -1.32. The van der Waals surface area contributed by atoms with Crippen LogP contribution in [0.25, 0.3) is 0 Å². The average molecular weight is 320 g/mol. The lowest BCUT2D eigenvalue weighted by Gasteiger charge is -2.18. The van der Waals surface area contributed by atoms with E-state index in [1.165, 1.54) is 7.11 Å². The standard InChI is InChI=1S/C11H14ClN3O6/c1-20-11(19)5-8(12)13-3-14-9(5)15-10-7(18)6(17)4(2-16)21-10/h3-4,6-7,10,16-18H,2H2,1H3,(H,13,14,15)/t4-,6-,7-,10+/m1/s1. The number of rotatable bonds is 4. The van der Waals surface area contributed by atoms with Crippen molar-refractivity contribution in [1.82, 2.24) is 9.97 Å². The molecular formula is C11H14ClN3O6. The molecule has 1 aromatic rings. The highest BCUT2D eigenvalue weighted by Gasteiger charge is 2.43. The molecule has 0 aliphatic carbocycles. The van der Waals surface area contributed by atoms with Crippen LogP contribution in [0.3, 0.4) is 0 Å². The zero-order valence-electron chi connectivity index (χ0n) is 10.9. The lowest BCUT2D eigenvalue weighted by Crippen LogP contribution is -2.37. The van der Waals surface area contributed by atoms with Crippen LogP contribution in [0.15, 0.2) is 6.33 Å². The predicted molar refractivity (Wildman–Crippen MR) is 69.8 cm³/mol. The molecule has 4 atom stereocenters. The first-order chi connectivity index (χ1) is 9.99. The molecule has 116 valence electrons. The molecule has 0 spiro atoms. The van der Waals surface area contributed by atoms with Gasteiger partial charge in [-0.15, -0.1) is 0 Å². The van der Waals surface area contributed by atoms with Gasteiger partial charge in [0.25, 0.3) is 0 Å². The van der Waals surface area contributed by atoms with E-state index in [9.17, 15) is 15.0 Å². The van der Waals surface area contributed by atoms with Crippen molar-refractivity contribution in [1.29, 1.82) is 0 Å². The first-order valence-electron chi connectivity index (χ1n) is 5.97. The molecule has 0 bridgehead atoms. The molecule has 1 saturated heterocycles. The van der Waals surface area contributed by atoms with Crippen molar-refractivity contribution in [3.63, 3.8) is 0 Å². The van der Waals surface area contributed by atoms with Gasteiger partial charge in [0.15, 0.2) is 6.23 Å². The monoisotopic (exact) mass is 319 g/mol. The van der Waals surface area contributed by atoms with E-state index in [0.29, 0.717) is 0 Å². The summed E-state index contributed by atoms with van der Waals surface area (Å²) in [4.78, 5) is 19.2. The van der Waals surface area contributed by atoms with Gasteiger partial charge in [0.2, 0.25) is 0 Å². The molecule has 1 aliphatic heterocycles. The van der Waals surface area contributed by atoms with E-state index in [-0.39, 0.29) is 16.5 Å². The second kappa shape index (κ2) is 6.50. The molecule has 1 aromatic heterocycles. The first kappa shape index (κ1) is 15.9. The zero-order valence-corrected chi connectivity index (χ0v) is 11.7. The average Bonchev–Trinajstić information content (AvgIpc) is 2.74. The Morgan fingerprint density at radius 1 is 1.48 bits per heavy atom. The van der Waals surface area contributed by atoms with Gasteiger partial charge in [-0.25, -0.2) is 14.8 Å². The van der Waals surface area contributed by atoms with Crippen LogP contribution >= 0.6 is 11.6 Å².